The third-order valence-electron chi connectivity index (χ3n) is 4.01. The van der Waals surface area contributed by atoms with Crippen molar-refractivity contribution < 1.29 is 14.3 Å². The molecule has 0 saturated heterocycles. The van der Waals surface area contributed by atoms with Crippen molar-refractivity contribution in [2.75, 3.05) is 24.0 Å². The number of amides is 1. The second kappa shape index (κ2) is 10.9. The largest absolute Gasteiger partial charge is 0.490 e. The molecule has 3 rings (SSSR count). The second-order valence-electron chi connectivity index (χ2n) is 6.63. The Kier molecular flexibility index (Phi) is 8.02. The van der Waals surface area contributed by atoms with Gasteiger partial charge in [0.25, 0.3) is 5.91 Å². The molecule has 0 saturated carbocycles. The first-order valence-corrected chi connectivity index (χ1v) is 11.3. The van der Waals surface area contributed by atoms with Crippen molar-refractivity contribution in [1.29, 1.82) is 0 Å². The molecule has 3 aromatic rings. The van der Waals surface area contributed by atoms with Crippen LogP contribution in [0, 0.1) is 13.8 Å². The molecule has 162 valence electrons. The molecule has 1 amide bonds. The SMILES string of the molecule is CCOc1cc(C=NNc2nc(C)cs2)cc(Br)c1OCC(=O)Nc1ccc(C)cc1. The summed E-state index contributed by atoms with van der Waals surface area (Å²) < 4.78 is 12.1. The first kappa shape index (κ1) is 22.8. The molecule has 2 aromatic carbocycles. The number of carbonyl (C=O) groups is 1. The summed E-state index contributed by atoms with van der Waals surface area (Å²) >= 11 is 4.99. The van der Waals surface area contributed by atoms with Crippen LogP contribution in [0.5, 0.6) is 11.5 Å². The number of thiazole rings is 1. The van der Waals surface area contributed by atoms with E-state index >= 15 is 0 Å². The minimum Gasteiger partial charge on any atom is -0.490 e. The van der Waals surface area contributed by atoms with Crippen LogP contribution in [0.15, 0.2) is 51.4 Å². The number of hydrogen-bond acceptors (Lipinski definition) is 7. The van der Waals surface area contributed by atoms with E-state index in [-0.39, 0.29) is 12.5 Å². The van der Waals surface area contributed by atoms with Gasteiger partial charge in [0, 0.05) is 11.1 Å². The number of halogens is 1. The van der Waals surface area contributed by atoms with Gasteiger partial charge in [0.15, 0.2) is 18.1 Å². The van der Waals surface area contributed by atoms with E-state index in [1.807, 2.05) is 56.5 Å². The second-order valence-corrected chi connectivity index (χ2v) is 8.34. The van der Waals surface area contributed by atoms with E-state index in [0.29, 0.717) is 22.6 Å². The van der Waals surface area contributed by atoms with Gasteiger partial charge in [-0.2, -0.15) is 5.10 Å². The summed E-state index contributed by atoms with van der Waals surface area (Å²) in [5.41, 5.74) is 6.49. The molecule has 0 aliphatic carbocycles. The van der Waals surface area contributed by atoms with Crippen LogP contribution in [0.1, 0.15) is 23.7 Å². The van der Waals surface area contributed by atoms with Crippen LogP contribution >= 0.6 is 27.3 Å². The number of aryl methyl sites for hydroxylation is 2. The maximum atomic E-state index is 12.3. The molecular weight excluding hydrogens is 480 g/mol. The molecule has 31 heavy (non-hydrogen) atoms. The number of aromatic nitrogens is 1. The average molecular weight is 503 g/mol. The Labute approximate surface area is 193 Å². The zero-order valence-electron chi connectivity index (χ0n) is 17.4. The smallest absolute Gasteiger partial charge is 0.262 e. The van der Waals surface area contributed by atoms with Crippen LogP contribution in [0.25, 0.3) is 0 Å². The topological polar surface area (TPSA) is 84.8 Å². The highest BCUT2D eigenvalue weighted by Crippen LogP contribution is 2.36. The Morgan fingerprint density at radius 3 is 2.68 bits per heavy atom. The minimum absolute atomic E-state index is 0.148. The number of ether oxygens (including phenoxy) is 2. The van der Waals surface area contributed by atoms with E-state index < -0.39 is 0 Å². The van der Waals surface area contributed by atoms with Gasteiger partial charge < -0.3 is 14.8 Å². The Morgan fingerprint density at radius 1 is 1.23 bits per heavy atom. The number of nitrogens with zero attached hydrogens (tertiary/aromatic N) is 2. The van der Waals surface area contributed by atoms with Gasteiger partial charge in [-0.3, -0.25) is 10.2 Å². The molecule has 9 heteroatoms. The van der Waals surface area contributed by atoms with Gasteiger partial charge in [0.05, 0.1) is 23.0 Å². The predicted octanol–water partition coefficient (Wildman–Crippen LogP) is 5.38. The zero-order chi connectivity index (χ0) is 22.2. The summed E-state index contributed by atoms with van der Waals surface area (Å²) in [6, 6.07) is 11.2. The predicted molar refractivity (Wildman–Crippen MR) is 129 cm³/mol. The molecule has 0 spiro atoms. The first-order valence-electron chi connectivity index (χ1n) is 9.61. The molecule has 0 aliphatic rings. The fourth-order valence-corrected chi connectivity index (χ4v) is 3.82. The third kappa shape index (κ3) is 6.80. The molecule has 0 atom stereocenters. The molecule has 0 aliphatic heterocycles. The Balaban J connectivity index is 1.66. The molecule has 1 aromatic heterocycles. The number of hydrogen-bond donors (Lipinski definition) is 2. The standard InChI is InChI=1S/C22H23BrN4O3S/c1-4-29-19-10-16(11-24-27-22-25-15(3)13-31-22)9-18(23)21(19)30-12-20(28)26-17-7-5-14(2)6-8-17/h5-11,13H,4,12H2,1-3H3,(H,25,27)(H,26,28). The van der Waals surface area contributed by atoms with Crippen molar-refractivity contribution in [1.82, 2.24) is 4.98 Å². The molecular formula is C22H23BrN4O3S. The van der Waals surface area contributed by atoms with Crippen LogP contribution in [-0.2, 0) is 4.79 Å². The third-order valence-corrected chi connectivity index (χ3v) is 5.46. The monoisotopic (exact) mass is 502 g/mol. The van der Waals surface area contributed by atoms with Crippen molar-refractivity contribution in [2.24, 2.45) is 5.10 Å². The van der Waals surface area contributed by atoms with Gasteiger partial charge in [0.2, 0.25) is 5.13 Å². The van der Waals surface area contributed by atoms with Crippen LogP contribution in [-0.4, -0.2) is 30.3 Å². The molecule has 0 radical (unpaired) electrons. The van der Waals surface area contributed by atoms with Gasteiger partial charge in [-0.15, -0.1) is 11.3 Å². The Morgan fingerprint density at radius 2 is 2.00 bits per heavy atom. The summed E-state index contributed by atoms with van der Waals surface area (Å²) in [5, 5.41) is 9.70. The highest BCUT2D eigenvalue weighted by molar-refractivity contribution is 9.10. The van der Waals surface area contributed by atoms with E-state index in [1.54, 1.807) is 12.3 Å². The van der Waals surface area contributed by atoms with E-state index in [1.165, 1.54) is 11.3 Å². The first-order chi connectivity index (χ1) is 14.9. The maximum absolute atomic E-state index is 12.3. The lowest BCUT2D eigenvalue weighted by atomic mass is 10.2. The van der Waals surface area contributed by atoms with Crippen LogP contribution in [0.2, 0.25) is 0 Å². The highest BCUT2D eigenvalue weighted by Gasteiger charge is 2.14. The number of nitrogens with one attached hydrogen (secondary N) is 2. The van der Waals surface area contributed by atoms with Crippen LogP contribution in [0.4, 0.5) is 10.8 Å². The normalized spacial score (nSPS) is 10.8. The van der Waals surface area contributed by atoms with Gasteiger partial charge in [0.1, 0.15) is 0 Å². The van der Waals surface area contributed by atoms with Gasteiger partial charge in [-0.25, -0.2) is 4.98 Å². The van der Waals surface area contributed by atoms with Crippen molar-refractivity contribution in [3.8, 4) is 11.5 Å². The molecule has 1 heterocycles. The van der Waals surface area contributed by atoms with Crippen molar-refractivity contribution >= 4 is 50.2 Å². The summed E-state index contributed by atoms with van der Waals surface area (Å²) in [7, 11) is 0. The van der Waals surface area contributed by atoms with Crippen molar-refractivity contribution in [3.63, 3.8) is 0 Å². The molecule has 7 nitrogen and oxygen atoms in total. The van der Waals surface area contributed by atoms with E-state index in [9.17, 15) is 4.79 Å². The van der Waals surface area contributed by atoms with Gasteiger partial charge in [-0.1, -0.05) is 17.7 Å². The van der Waals surface area contributed by atoms with Gasteiger partial charge in [-0.05, 0) is 66.5 Å². The molecule has 0 unspecified atom stereocenters. The summed E-state index contributed by atoms with van der Waals surface area (Å²) in [5.74, 6) is 0.722. The van der Waals surface area contributed by atoms with E-state index in [0.717, 1.165) is 27.6 Å². The maximum Gasteiger partial charge on any atom is 0.262 e. The summed E-state index contributed by atoms with van der Waals surface area (Å²) in [6.07, 6.45) is 1.66. The minimum atomic E-state index is -0.258. The van der Waals surface area contributed by atoms with E-state index in [4.69, 9.17) is 9.47 Å². The van der Waals surface area contributed by atoms with Crippen molar-refractivity contribution in [2.45, 2.75) is 20.8 Å². The van der Waals surface area contributed by atoms with Crippen LogP contribution < -0.4 is 20.2 Å². The van der Waals surface area contributed by atoms with Crippen molar-refractivity contribution in [3.05, 3.63) is 63.1 Å². The number of anilines is 2. The lowest BCUT2D eigenvalue weighted by Crippen LogP contribution is -2.20. The number of rotatable bonds is 9. The van der Waals surface area contributed by atoms with E-state index in [2.05, 4.69) is 36.8 Å². The average Bonchev–Trinajstić information content (AvgIpc) is 3.14. The zero-order valence-corrected chi connectivity index (χ0v) is 19.8. The molecule has 2 N–H and O–H groups in total. The highest BCUT2D eigenvalue weighted by atomic mass is 79.9. The molecule has 0 fully saturated rings. The lowest BCUT2D eigenvalue weighted by molar-refractivity contribution is -0.118. The Bertz CT molecular complexity index is 1070. The summed E-state index contributed by atoms with van der Waals surface area (Å²) in [6.45, 7) is 6.11. The lowest BCUT2D eigenvalue weighted by Gasteiger charge is -2.14. The fourth-order valence-electron chi connectivity index (χ4n) is 2.60. The molecule has 0 bridgehead atoms. The fraction of sp³-hybridized carbons (Fsp3) is 0.227. The van der Waals surface area contributed by atoms with Crippen LogP contribution in [0.3, 0.4) is 0 Å². The Hall–Kier alpha value is -2.91. The number of benzene rings is 2. The number of carbonyl (C=O) groups excluding carboxylic acids is 1. The summed E-state index contributed by atoms with van der Waals surface area (Å²) in [4.78, 5) is 16.6. The van der Waals surface area contributed by atoms with Gasteiger partial charge >= 0.3 is 0 Å². The number of hydrazone groups is 1. The quantitative estimate of drug-likeness (QED) is 0.302.